The lowest BCUT2D eigenvalue weighted by atomic mass is 10.1. The van der Waals surface area contributed by atoms with Gasteiger partial charge in [-0.2, -0.15) is 0 Å². The molecule has 1 aromatic carbocycles. The minimum absolute atomic E-state index is 0.0841. The predicted molar refractivity (Wildman–Crippen MR) is 96.6 cm³/mol. The number of imidazole rings is 1. The second-order valence-corrected chi connectivity index (χ2v) is 6.71. The van der Waals surface area contributed by atoms with Crippen LogP contribution < -0.4 is 5.56 Å². The first-order chi connectivity index (χ1) is 11.6. The zero-order valence-electron chi connectivity index (χ0n) is 12.8. The standard InChI is InChI=1S/C17H13ClN4OS/c1-21-7-6-19-14(21)8-22-10-20-16-15(17(22)23)12(9-24-16)11-4-2-3-5-13(11)18/h2-7,9-10H,8H2,1H3. The molecule has 7 heteroatoms. The number of benzene rings is 1. The van der Waals surface area contributed by atoms with Crippen LogP contribution in [-0.2, 0) is 13.6 Å². The van der Waals surface area contributed by atoms with E-state index >= 15 is 0 Å². The van der Waals surface area contributed by atoms with Crippen molar-refractivity contribution in [2.24, 2.45) is 7.05 Å². The first kappa shape index (κ1) is 15.1. The van der Waals surface area contributed by atoms with Crippen LogP contribution in [0.15, 0.2) is 53.2 Å². The van der Waals surface area contributed by atoms with Crippen LogP contribution in [0.5, 0.6) is 0 Å². The summed E-state index contributed by atoms with van der Waals surface area (Å²) in [5.41, 5.74) is 1.59. The van der Waals surface area contributed by atoms with Gasteiger partial charge in [0, 0.05) is 41.0 Å². The van der Waals surface area contributed by atoms with Gasteiger partial charge < -0.3 is 4.57 Å². The molecule has 3 heterocycles. The molecule has 5 nitrogen and oxygen atoms in total. The van der Waals surface area contributed by atoms with Crippen LogP contribution in [-0.4, -0.2) is 19.1 Å². The van der Waals surface area contributed by atoms with E-state index in [1.54, 1.807) is 17.1 Å². The number of halogens is 1. The van der Waals surface area contributed by atoms with Crippen molar-refractivity contribution in [3.63, 3.8) is 0 Å². The summed E-state index contributed by atoms with van der Waals surface area (Å²) in [7, 11) is 1.90. The lowest BCUT2D eigenvalue weighted by Crippen LogP contribution is -2.22. The highest BCUT2D eigenvalue weighted by Crippen LogP contribution is 2.34. The van der Waals surface area contributed by atoms with Crippen molar-refractivity contribution in [3.8, 4) is 11.1 Å². The van der Waals surface area contributed by atoms with Crippen molar-refractivity contribution in [3.05, 3.63) is 69.6 Å². The molecule has 0 saturated heterocycles. The summed E-state index contributed by atoms with van der Waals surface area (Å²) in [5, 5.41) is 3.16. The van der Waals surface area contributed by atoms with Crippen molar-refractivity contribution in [2.75, 3.05) is 0 Å². The molecular formula is C17H13ClN4OS. The Hall–Kier alpha value is -2.44. The summed E-state index contributed by atoms with van der Waals surface area (Å²) in [4.78, 5) is 22.4. The van der Waals surface area contributed by atoms with Crippen molar-refractivity contribution >= 4 is 33.2 Å². The molecule has 0 atom stereocenters. The molecule has 3 aromatic heterocycles. The van der Waals surface area contributed by atoms with E-state index in [1.807, 2.05) is 47.5 Å². The van der Waals surface area contributed by atoms with Crippen LogP contribution in [0.4, 0.5) is 0 Å². The summed E-state index contributed by atoms with van der Waals surface area (Å²) in [6.07, 6.45) is 5.14. The molecule has 0 bridgehead atoms. The molecule has 0 aliphatic carbocycles. The Morgan fingerprint density at radius 1 is 1.21 bits per heavy atom. The lowest BCUT2D eigenvalue weighted by Gasteiger charge is -2.07. The average molecular weight is 357 g/mol. The number of hydrogen-bond acceptors (Lipinski definition) is 4. The van der Waals surface area contributed by atoms with Gasteiger partial charge in [-0.05, 0) is 6.07 Å². The quantitative estimate of drug-likeness (QED) is 0.564. The van der Waals surface area contributed by atoms with Gasteiger partial charge in [-0.1, -0.05) is 29.8 Å². The third-order valence-electron chi connectivity index (χ3n) is 3.96. The van der Waals surface area contributed by atoms with Gasteiger partial charge in [-0.15, -0.1) is 11.3 Å². The molecule has 0 amide bonds. The first-order valence-corrected chi connectivity index (χ1v) is 8.58. The molecule has 24 heavy (non-hydrogen) atoms. The number of rotatable bonds is 3. The molecule has 0 radical (unpaired) electrons. The Labute approximate surface area is 146 Å². The maximum atomic E-state index is 13.0. The lowest BCUT2D eigenvalue weighted by molar-refractivity contribution is 0.673. The zero-order chi connectivity index (χ0) is 16.7. The van der Waals surface area contributed by atoms with Gasteiger partial charge in [-0.3, -0.25) is 9.36 Å². The van der Waals surface area contributed by atoms with E-state index in [0.717, 1.165) is 17.0 Å². The van der Waals surface area contributed by atoms with Crippen LogP contribution in [0.3, 0.4) is 0 Å². The number of nitrogens with zero attached hydrogens (tertiary/aromatic N) is 4. The summed E-state index contributed by atoms with van der Waals surface area (Å²) in [6.45, 7) is 0.378. The Morgan fingerprint density at radius 2 is 2.04 bits per heavy atom. The molecule has 0 aliphatic rings. The third kappa shape index (κ3) is 2.44. The second-order valence-electron chi connectivity index (χ2n) is 5.44. The Morgan fingerprint density at radius 3 is 2.79 bits per heavy atom. The molecule has 0 fully saturated rings. The normalized spacial score (nSPS) is 11.2. The molecule has 4 rings (SSSR count). The van der Waals surface area contributed by atoms with Crippen LogP contribution in [0, 0.1) is 0 Å². The average Bonchev–Trinajstić information content (AvgIpc) is 3.18. The highest BCUT2D eigenvalue weighted by molar-refractivity contribution is 7.17. The van der Waals surface area contributed by atoms with E-state index in [9.17, 15) is 4.79 Å². The van der Waals surface area contributed by atoms with Gasteiger partial charge in [0.2, 0.25) is 0 Å². The predicted octanol–water partition coefficient (Wildman–Crippen LogP) is 3.56. The van der Waals surface area contributed by atoms with Gasteiger partial charge in [-0.25, -0.2) is 9.97 Å². The van der Waals surface area contributed by atoms with E-state index in [2.05, 4.69) is 9.97 Å². The van der Waals surface area contributed by atoms with Gasteiger partial charge in [0.05, 0.1) is 18.3 Å². The largest absolute Gasteiger partial charge is 0.337 e. The molecule has 0 aliphatic heterocycles. The van der Waals surface area contributed by atoms with E-state index in [4.69, 9.17) is 11.6 Å². The number of aryl methyl sites for hydroxylation is 1. The number of aromatic nitrogens is 4. The van der Waals surface area contributed by atoms with Crippen molar-refractivity contribution < 1.29 is 0 Å². The molecule has 4 aromatic rings. The number of hydrogen-bond donors (Lipinski definition) is 0. The molecule has 0 N–H and O–H groups in total. The highest BCUT2D eigenvalue weighted by atomic mass is 35.5. The van der Waals surface area contributed by atoms with Gasteiger partial charge in [0.1, 0.15) is 10.7 Å². The monoisotopic (exact) mass is 356 g/mol. The van der Waals surface area contributed by atoms with Crippen LogP contribution in [0.1, 0.15) is 5.82 Å². The maximum absolute atomic E-state index is 13.0. The van der Waals surface area contributed by atoms with Crippen molar-refractivity contribution in [1.29, 1.82) is 0 Å². The second kappa shape index (κ2) is 5.89. The maximum Gasteiger partial charge on any atom is 0.263 e. The van der Waals surface area contributed by atoms with Crippen LogP contribution in [0.2, 0.25) is 5.02 Å². The fourth-order valence-corrected chi connectivity index (χ4v) is 3.79. The molecule has 0 spiro atoms. The summed E-state index contributed by atoms with van der Waals surface area (Å²) in [6, 6.07) is 7.52. The first-order valence-electron chi connectivity index (χ1n) is 7.33. The molecule has 120 valence electrons. The van der Waals surface area contributed by atoms with Gasteiger partial charge in [0.25, 0.3) is 5.56 Å². The summed E-state index contributed by atoms with van der Waals surface area (Å²) < 4.78 is 3.47. The number of fused-ring (bicyclic) bond motifs is 1. The Kier molecular flexibility index (Phi) is 3.70. The van der Waals surface area contributed by atoms with E-state index in [-0.39, 0.29) is 5.56 Å². The Bertz CT molecular complexity index is 1100. The SMILES string of the molecule is Cn1ccnc1Cn1cnc2scc(-c3ccccc3Cl)c2c1=O. The minimum Gasteiger partial charge on any atom is -0.337 e. The van der Waals surface area contributed by atoms with E-state index < -0.39 is 0 Å². The molecule has 0 saturated carbocycles. The third-order valence-corrected chi connectivity index (χ3v) is 5.17. The van der Waals surface area contributed by atoms with Crippen molar-refractivity contribution in [2.45, 2.75) is 6.54 Å². The molecular weight excluding hydrogens is 344 g/mol. The topological polar surface area (TPSA) is 52.7 Å². The molecule has 0 unspecified atom stereocenters. The van der Waals surface area contributed by atoms with Crippen molar-refractivity contribution in [1.82, 2.24) is 19.1 Å². The summed E-state index contributed by atoms with van der Waals surface area (Å²) in [5.74, 6) is 0.799. The summed E-state index contributed by atoms with van der Waals surface area (Å²) >= 11 is 7.75. The smallest absolute Gasteiger partial charge is 0.263 e. The van der Waals surface area contributed by atoms with Crippen LogP contribution >= 0.6 is 22.9 Å². The zero-order valence-corrected chi connectivity index (χ0v) is 14.4. The van der Waals surface area contributed by atoms with Gasteiger partial charge in [0.15, 0.2) is 0 Å². The minimum atomic E-state index is -0.0841. The highest BCUT2D eigenvalue weighted by Gasteiger charge is 2.15. The van der Waals surface area contributed by atoms with Crippen LogP contribution in [0.25, 0.3) is 21.3 Å². The fraction of sp³-hybridized carbons (Fsp3) is 0.118. The van der Waals surface area contributed by atoms with E-state index in [1.165, 1.54) is 11.3 Å². The van der Waals surface area contributed by atoms with E-state index in [0.29, 0.717) is 21.8 Å². The van der Waals surface area contributed by atoms with Gasteiger partial charge >= 0.3 is 0 Å². The number of thiophene rings is 1. The fourth-order valence-electron chi connectivity index (χ4n) is 2.66. The Balaban J connectivity index is 1.90.